The molecule has 0 fully saturated rings. The second-order valence-electron chi connectivity index (χ2n) is 5.94. The lowest BCUT2D eigenvalue weighted by Gasteiger charge is -2.11. The summed E-state index contributed by atoms with van der Waals surface area (Å²) < 4.78 is 0. The molecule has 0 radical (unpaired) electrons. The zero-order chi connectivity index (χ0) is 18.7. The van der Waals surface area contributed by atoms with Gasteiger partial charge in [-0.05, 0) is 61.7 Å². The minimum absolute atomic E-state index is 0.0782. The Labute approximate surface area is 150 Å². The zero-order valence-corrected chi connectivity index (χ0v) is 14.6. The quantitative estimate of drug-likeness (QED) is 0.525. The molecule has 2 N–H and O–H groups in total. The number of aryl methyl sites for hydroxylation is 3. The van der Waals surface area contributed by atoms with Crippen molar-refractivity contribution in [3.63, 3.8) is 0 Å². The van der Waals surface area contributed by atoms with E-state index in [0.717, 1.165) is 22.4 Å². The molecule has 0 saturated carbocycles. The van der Waals surface area contributed by atoms with Crippen LogP contribution in [0.2, 0.25) is 0 Å². The van der Waals surface area contributed by atoms with E-state index in [0.29, 0.717) is 5.82 Å². The molecule has 3 rings (SSSR count). The normalized spacial score (nSPS) is 10.4. The molecule has 132 valence electrons. The van der Waals surface area contributed by atoms with Crippen LogP contribution in [0.1, 0.15) is 16.7 Å². The van der Waals surface area contributed by atoms with E-state index in [1.54, 1.807) is 12.3 Å². The molecule has 0 unspecified atom stereocenters. The molecule has 8 heteroatoms. The van der Waals surface area contributed by atoms with Crippen molar-refractivity contribution in [2.45, 2.75) is 20.8 Å². The highest BCUT2D eigenvalue weighted by atomic mass is 16.6. The first-order chi connectivity index (χ1) is 12.4. The Bertz CT molecular complexity index is 974. The molecular weight excluding hydrogens is 332 g/mol. The van der Waals surface area contributed by atoms with Gasteiger partial charge in [0.25, 0.3) is 0 Å². The maximum absolute atomic E-state index is 11.6. The first-order valence-corrected chi connectivity index (χ1v) is 7.97. The number of anilines is 4. The molecule has 1 aromatic carbocycles. The fraction of sp³-hybridized carbons (Fsp3) is 0.167. The van der Waals surface area contributed by atoms with E-state index in [1.807, 2.05) is 45.0 Å². The Balaban J connectivity index is 1.98. The lowest BCUT2D eigenvalue weighted by molar-refractivity contribution is -0.383. The van der Waals surface area contributed by atoms with Gasteiger partial charge in [0, 0.05) is 11.9 Å². The van der Waals surface area contributed by atoms with Crippen LogP contribution in [0, 0.1) is 30.9 Å². The van der Waals surface area contributed by atoms with Crippen LogP contribution in [0.3, 0.4) is 0 Å². The molecule has 0 amide bonds. The van der Waals surface area contributed by atoms with Crippen LogP contribution >= 0.6 is 0 Å². The number of hydrogen-bond donors (Lipinski definition) is 2. The lowest BCUT2D eigenvalue weighted by atomic mass is 10.1. The molecule has 8 nitrogen and oxygen atoms in total. The molecule has 0 spiro atoms. The number of benzene rings is 1. The lowest BCUT2D eigenvalue weighted by Crippen LogP contribution is -2.06. The topological polar surface area (TPSA) is 106 Å². The average Bonchev–Trinajstić information content (AvgIpc) is 2.58. The van der Waals surface area contributed by atoms with Gasteiger partial charge in [0.15, 0.2) is 0 Å². The van der Waals surface area contributed by atoms with Gasteiger partial charge in [-0.25, -0.2) is 15.0 Å². The highest BCUT2D eigenvalue weighted by Gasteiger charge is 2.23. The Morgan fingerprint density at radius 3 is 2.31 bits per heavy atom. The Kier molecular flexibility index (Phi) is 4.74. The molecule has 26 heavy (non-hydrogen) atoms. The van der Waals surface area contributed by atoms with Gasteiger partial charge in [0.2, 0.25) is 11.6 Å². The first-order valence-electron chi connectivity index (χ1n) is 7.97. The summed E-state index contributed by atoms with van der Waals surface area (Å²) in [5, 5.41) is 17.5. The number of aromatic nitrogens is 3. The Hall–Kier alpha value is -3.55. The number of nitrogens with zero attached hydrogens (tertiary/aromatic N) is 4. The van der Waals surface area contributed by atoms with E-state index in [4.69, 9.17) is 0 Å². The number of rotatable bonds is 5. The molecule has 0 bridgehead atoms. The first kappa shape index (κ1) is 17.3. The van der Waals surface area contributed by atoms with Crippen molar-refractivity contribution in [1.82, 2.24) is 15.0 Å². The average molecular weight is 350 g/mol. The van der Waals surface area contributed by atoms with Crippen molar-refractivity contribution in [3.05, 3.63) is 69.7 Å². The summed E-state index contributed by atoms with van der Waals surface area (Å²) in [5.74, 6) is 0.668. The van der Waals surface area contributed by atoms with Gasteiger partial charge in [-0.3, -0.25) is 10.1 Å². The molecule has 0 saturated heterocycles. The van der Waals surface area contributed by atoms with Gasteiger partial charge in [-0.15, -0.1) is 0 Å². The molecule has 2 heterocycles. The van der Waals surface area contributed by atoms with Crippen LogP contribution in [-0.4, -0.2) is 19.9 Å². The second-order valence-corrected chi connectivity index (χ2v) is 5.94. The van der Waals surface area contributed by atoms with Gasteiger partial charge in [0.1, 0.15) is 12.1 Å². The Morgan fingerprint density at radius 1 is 0.923 bits per heavy atom. The summed E-state index contributed by atoms with van der Waals surface area (Å²) in [5.41, 5.74) is 3.67. The summed E-state index contributed by atoms with van der Waals surface area (Å²) in [4.78, 5) is 23.3. The SMILES string of the molecule is Cc1ccnc(Nc2ncnc(Nc3ccc(C)c(C)c3)c2[N+](=O)[O-])c1. The summed E-state index contributed by atoms with van der Waals surface area (Å²) in [7, 11) is 0. The van der Waals surface area contributed by atoms with Crippen molar-refractivity contribution < 1.29 is 4.92 Å². The van der Waals surface area contributed by atoms with Gasteiger partial charge in [-0.2, -0.15) is 0 Å². The Morgan fingerprint density at radius 2 is 1.65 bits per heavy atom. The van der Waals surface area contributed by atoms with Crippen molar-refractivity contribution >= 4 is 28.8 Å². The number of nitro groups is 1. The van der Waals surface area contributed by atoms with Crippen LogP contribution in [-0.2, 0) is 0 Å². The summed E-state index contributed by atoms with van der Waals surface area (Å²) in [6.45, 7) is 5.89. The second kappa shape index (κ2) is 7.14. The maximum atomic E-state index is 11.6. The molecule has 0 aliphatic heterocycles. The largest absolute Gasteiger partial charge is 0.353 e. The van der Waals surface area contributed by atoms with Gasteiger partial charge in [0.05, 0.1) is 4.92 Å². The fourth-order valence-electron chi connectivity index (χ4n) is 2.42. The van der Waals surface area contributed by atoms with Crippen molar-refractivity contribution in [2.75, 3.05) is 10.6 Å². The van der Waals surface area contributed by atoms with Crippen molar-refractivity contribution in [1.29, 1.82) is 0 Å². The highest BCUT2D eigenvalue weighted by Crippen LogP contribution is 2.32. The zero-order valence-electron chi connectivity index (χ0n) is 14.6. The summed E-state index contributed by atoms with van der Waals surface area (Å²) in [6.07, 6.45) is 2.90. The van der Waals surface area contributed by atoms with Gasteiger partial charge >= 0.3 is 5.69 Å². The van der Waals surface area contributed by atoms with Crippen LogP contribution in [0.15, 0.2) is 42.9 Å². The molecular formula is C18H18N6O2. The monoisotopic (exact) mass is 350 g/mol. The van der Waals surface area contributed by atoms with Gasteiger partial charge in [-0.1, -0.05) is 6.07 Å². The predicted octanol–water partition coefficient (Wildman–Crippen LogP) is 4.19. The smallest absolute Gasteiger partial charge is 0.334 e. The molecule has 0 atom stereocenters. The van der Waals surface area contributed by atoms with Crippen molar-refractivity contribution in [3.8, 4) is 0 Å². The molecule has 3 aromatic rings. The van der Waals surface area contributed by atoms with E-state index in [1.165, 1.54) is 6.33 Å². The number of hydrogen-bond acceptors (Lipinski definition) is 7. The van der Waals surface area contributed by atoms with E-state index in [9.17, 15) is 10.1 Å². The van der Waals surface area contributed by atoms with E-state index < -0.39 is 4.92 Å². The third-order valence-corrected chi connectivity index (χ3v) is 3.94. The van der Waals surface area contributed by atoms with E-state index in [-0.39, 0.29) is 17.3 Å². The third kappa shape index (κ3) is 3.75. The molecule has 2 aromatic heterocycles. The highest BCUT2D eigenvalue weighted by molar-refractivity contribution is 5.76. The van der Waals surface area contributed by atoms with Crippen LogP contribution in [0.5, 0.6) is 0 Å². The maximum Gasteiger partial charge on any atom is 0.353 e. The van der Waals surface area contributed by atoms with E-state index in [2.05, 4.69) is 25.6 Å². The predicted molar refractivity (Wildman–Crippen MR) is 100 cm³/mol. The standard InChI is InChI=1S/C18H18N6O2/c1-11-6-7-19-15(8-11)23-18-16(24(25)26)17(20-10-21-18)22-14-5-4-12(2)13(3)9-14/h4-10H,1-3H3,(H2,19,20,21,22,23). The van der Waals surface area contributed by atoms with Crippen LogP contribution < -0.4 is 10.6 Å². The summed E-state index contributed by atoms with van der Waals surface area (Å²) >= 11 is 0. The van der Waals surface area contributed by atoms with Crippen LogP contribution in [0.4, 0.5) is 28.8 Å². The number of nitrogens with one attached hydrogen (secondary N) is 2. The third-order valence-electron chi connectivity index (χ3n) is 3.94. The number of pyridine rings is 1. The molecule has 0 aliphatic carbocycles. The summed E-state index contributed by atoms with van der Waals surface area (Å²) in [6, 6.07) is 9.33. The minimum atomic E-state index is -0.512. The fourth-order valence-corrected chi connectivity index (χ4v) is 2.42. The molecule has 0 aliphatic rings. The van der Waals surface area contributed by atoms with Gasteiger partial charge < -0.3 is 10.6 Å². The minimum Gasteiger partial charge on any atom is -0.334 e. The van der Waals surface area contributed by atoms with Crippen LogP contribution in [0.25, 0.3) is 0 Å². The van der Waals surface area contributed by atoms with Crippen molar-refractivity contribution in [2.24, 2.45) is 0 Å². The van der Waals surface area contributed by atoms with E-state index >= 15 is 0 Å².